The van der Waals surface area contributed by atoms with Crippen molar-refractivity contribution >= 4 is 24.2 Å². The highest BCUT2D eigenvalue weighted by Crippen LogP contribution is 2.26. The van der Waals surface area contributed by atoms with Crippen LogP contribution in [0, 0.1) is 5.82 Å². The molecular formula is C22H25FN8O. The first kappa shape index (κ1) is 21.6. The van der Waals surface area contributed by atoms with Crippen LogP contribution >= 0.6 is 0 Å². The Hall–Kier alpha value is -3.66. The summed E-state index contributed by atoms with van der Waals surface area (Å²) in [6, 6.07) is 4.73. The van der Waals surface area contributed by atoms with Crippen LogP contribution in [0.4, 0.5) is 10.2 Å². The number of hydrogen-bond acceptors (Lipinski definition) is 6. The molecule has 3 N–H and O–H groups in total. The molecule has 1 fully saturated rings. The lowest BCUT2D eigenvalue weighted by Gasteiger charge is -2.09. The van der Waals surface area contributed by atoms with Gasteiger partial charge >= 0.3 is 0 Å². The third kappa shape index (κ3) is 4.50. The Morgan fingerprint density at radius 2 is 2.22 bits per heavy atom. The SMILES string of the molecule is C=Nc1nc([C@H]2CCCN2)[nH]c1/C(=N\C)C(=O)NCc1cc(F)cc(-c2cnn(C)c2)c1. The number of carbonyl (C=O) groups is 1. The van der Waals surface area contributed by atoms with Gasteiger partial charge in [0, 0.05) is 32.4 Å². The van der Waals surface area contributed by atoms with Crippen LogP contribution in [-0.2, 0) is 18.4 Å². The van der Waals surface area contributed by atoms with Gasteiger partial charge in [-0.2, -0.15) is 5.10 Å². The van der Waals surface area contributed by atoms with E-state index in [0.717, 1.165) is 24.9 Å². The summed E-state index contributed by atoms with van der Waals surface area (Å²) in [7, 11) is 3.32. The first-order valence-electron chi connectivity index (χ1n) is 10.3. The number of nitrogens with one attached hydrogen (secondary N) is 3. The lowest BCUT2D eigenvalue weighted by molar-refractivity contribution is -0.114. The largest absolute Gasteiger partial charge is 0.347 e. The van der Waals surface area contributed by atoms with E-state index in [4.69, 9.17) is 0 Å². The van der Waals surface area contributed by atoms with E-state index in [9.17, 15) is 9.18 Å². The monoisotopic (exact) mass is 436 g/mol. The average molecular weight is 436 g/mol. The second-order valence-corrected chi connectivity index (χ2v) is 7.63. The lowest BCUT2D eigenvalue weighted by Crippen LogP contribution is -2.31. The summed E-state index contributed by atoms with van der Waals surface area (Å²) in [5, 5.41) is 10.3. The van der Waals surface area contributed by atoms with Crippen molar-refractivity contribution in [1.29, 1.82) is 0 Å². The van der Waals surface area contributed by atoms with E-state index in [2.05, 4.69) is 42.4 Å². The van der Waals surface area contributed by atoms with E-state index in [0.29, 0.717) is 28.5 Å². The Bertz CT molecular complexity index is 1170. The van der Waals surface area contributed by atoms with Gasteiger partial charge in [-0.1, -0.05) is 0 Å². The lowest BCUT2D eigenvalue weighted by atomic mass is 10.1. The van der Waals surface area contributed by atoms with Crippen LogP contribution in [0.1, 0.15) is 36.0 Å². The normalized spacial score (nSPS) is 16.3. The van der Waals surface area contributed by atoms with Gasteiger partial charge in [0.2, 0.25) is 0 Å². The number of imidazole rings is 1. The fraction of sp³-hybridized carbons (Fsp3) is 0.318. The van der Waals surface area contributed by atoms with E-state index >= 15 is 0 Å². The minimum Gasteiger partial charge on any atom is -0.347 e. The van der Waals surface area contributed by atoms with Crippen molar-refractivity contribution in [3.8, 4) is 11.1 Å². The number of aromatic amines is 1. The van der Waals surface area contributed by atoms with Crippen LogP contribution in [0.15, 0.2) is 40.6 Å². The van der Waals surface area contributed by atoms with Gasteiger partial charge in [0.05, 0.1) is 12.2 Å². The zero-order valence-electron chi connectivity index (χ0n) is 18.0. The van der Waals surface area contributed by atoms with Gasteiger partial charge in [-0.05, 0) is 55.4 Å². The van der Waals surface area contributed by atoms with Gasteiger partial charge in [-0.25, -0.2) is 14.4 Å². The van der Waals surface area contributed by atoms with Crippen LogP contribution in [0.3, 0.4) is 0 Å². The van der Waals surface area contributed by atoms with Crippen molar-refractivity contribution in [3.05, 3.63) is 53.5 Å². The minimum absolute atomic E-state index is 0.0867. The van der Waals surface area contributed by atoms with Gasteiger partial charge in [-0.15, -0.1) is 0 Å². The molecule has 4 rings (SSSR count). The predicted molar refractivity (Wildman–Crippen MR) is 121 cm³/mol. The third-order valence-corrected chi connectivity index (χ3v) is 5.37. The number of aromatic nitrogens is 4. The number of amides is 1. The summed E-state index contributed by atoms with van der Waals surface area (Å²) in [4.78, 5) is 28.7. The molecule has 0 unspecified atom stereocenters. The number of aliphatic imine (C=N–C) groups is 2. The maximum absolute atomic E-state index is 14.2. The second-order valence-electron chi connectivity index (χ2n) is 7.63. The molecule has 2 aromatic heterocycles. The molecule has 0 bridgehead atoms. The Morgan fingerprint density at radius 1 is 1.38 bits per heavy atom. The molecule has 1 aliphatic heterocycles. The Balaban J connectivity index is 1.51. The zero-order valence-corrected chi connectivity index (χ0v) is 18.0. The van der Waals surface area contributed by atoms with Gasteiger partial charge in [0.15, 0.2) is 5.82 Å². The molecule has 9 nitrogen and oxygen atoms in total. The topological polar surface area (TPSA) is 112 Å². The smallest absolute Gasteiger partial charge is 0.272 e. The van der Waals surface area contributed by atoms with E-state index < -0.39 is 5.91 Å². The van der Waals surface area contributed by atoms with E-state index in [-0.39, 0.29) is 24.1 Å². The average Bonchev–Trinajstić information content (AvgIpc) is 3.53. The maximum atomic E-state index is 14.2. The van der Waals surface area contributed by atoms with Gasteiger partial charge in [0.25, 0.3) is 5.91 Å². The molecule has 1 saturated heterocycles. The molecule has 0 aliphatic carbocycles. The Morgan fingerprint density at radius 3 is 2.88 bits per heavy atom. The number of aryl methyl sites for hydroxylation is 1. The maximum Gasteiger partial charge on any atom is 0.272 e. The highest BCUT2D eigenvalue weighted by Gasteiger charge is 2.25. The van der Waals surface area contributed by atoms with Gasteiger partial charge < -0.3 is 15.6 Å². The molecule has 0 saturated carbocycles. The minimum atomic E-state index is -0.417. The molecular weight excluding hydrogens is 411 g/mol. The first-order chi connectivity index (χ1) is 15.5. The summed E-state index contributed by atoms with van der Waals surface area (Å²) in [6.07, 6.45) is 5.48. The first-order valence-corrected chi connectivity index (χ1v) is 10.3. The zero-order chi connectivity index (χ0) is 22.7. The van der Waals surface area contributed by atoms with Crippen LogP contribution in [0.2, 0.25) is 0 Å². The molecule has 10 heteroatoms. The summed E-state index contributed by atoms with van der Waals surface area (Å²) in [5.41, 5.74) is 2.68. The van der Waals surface area contributed by atoms with Crippen molar-refractivity contribution < 1.29 is 9.18 Å². The quantitative estimate of drug-likeness (QED) is 0.494. The fourth-order valence-electron chi connectivity index (χ4n) is 3.83. The van der Waals surface area contributed by atoms with Crippen molar-refractivity contribution in [1.82, 2.24) is 30.4 Å². The summed E-state index contributed by atoms with van der Waals surface area (Å²) >= 11 is 0. The molecule has 1 atom stereocenters. The standard InChI is InChI=1S/C22H25FN8O/c1-24-19(18-21(25-2)30-20(29-18)17-5-4-6-26-17)22(32)27-10-13-7-14(9-16(23)8-13)15-11-28-31(3)12-15/h7-9,11-12,17,26H,2,4-6,10H2,1,3H3,(H,27,32)(H,29,30)/b24-19+/t17-/m1/s1. The molecule has 1 amide bonds. The van der Waals surface area contributed by atoms with Gasteiger partial charge in [-0.3, -0.25) is 14.5 Å². The van der Waals surface area contributed by atoms with Crippen molar-refractivity contribution in [2.45, 2.75) is 25.4 Å². The summed E-state index contributed by atoms with van der Waals surface area (Å²) in [5.74, 6) is 0.230. The highest BCUT2D eigenvalue weighted by molar-refractivity contribution is 6.45. The predicted octanol–water partition coefficient (Wildman–Crippen LogP) is 2.44. The number of nitrogens with zero attached hydrogens (tertiary/aromatic N) is 5. The summed E-state index contributed by atoms with van der Waals surface area (Å²) < 4.78 is 15.8. The summed E-state index contributed by atoms with van der Waals surface area (Å²) in [6.45, 7) is 4.61. The molecule has 1 aliphatic rings. The fourth-order valence-corrected chi connectivity index (χ4v) is 3.83. The number of H-pyrrole nitrogens is 1. The third-order valence-electron chi connectivity index (χ3n) is 5.37. The number of benzene rings is 1. The Labute approximate surface area is 184 Å². The number of halogens is 1. The molecule has 3 aromatic rings. The second kappa shape index (κ2) is 9.23. The van der Waals surface area contributed by atoms with Crippen LogP contribution in [0.25, 0.3) is 11.1 Å². The molecule has 32 heavy (non-hydrogen) atoms. The van der Waals surface area contributed by atoms with Crippen LogP contribution < -0.4 is 10.6 Å². The molecule has 3 heterocycles. The van der Waals surface area contributed by atoms with E-state index in [1.54, 1.807) is 24.1 Å². The molecule has 1 aromatic carbocycles. The molecule has 166 valence electrons. The van der Waals surface area contributed by atoms with E-state index in [1.807, 2.05) is 6.07 Å². The van der Waals surface area contributed by atoms with Crippen LogP contribution in [-0.4, -0.2) is 51.7 Å². The van der Waals surface area contributed by atoms with Crippen LogP contribution in [0.5, 0.6) is 0 Å². The highest BCUT2D eigenvalue weighted by atomic mass is 19.1. The van der Waals surface area contributed by atoms with Crippen molar-refractivity contribution in [2.24, 2.45) is 17.0 Å². The Kier molecular flexibility index (Phi) is 6.22. The van der Waals surface area contributed by atoms with Crippen molar-refractivity contribution in [2.75, 3.05) is 13.6 Å². The molecule has 0 spiro atoms. The van der Waals surface area contributed by atoms with Crippen molar-refractivity contribution in [3.63, 3.8) is 0 Å². The van der Waals surface area contributed by atoms with Gasteiger partial charge in [0.1, 0.15) is 23.0 Å². The van der Waals surface area contributed by atoms with E-state index in [1.165, 1.54) is 19.2 Å². The number of rotatable bonds is 7. The molecule has 0 radical (unpaired) electrons. The number of hydrogen-bond donors (Lipinski definition) is 3. The number of carbonyl (C=O) groups excluding carboxylic acids is 1.